The summed E-state index contributed by atoms with van der Waals surface area (Å²) in [6.07, 6.45) is 1.39. The highest BCUT2D eigenvalue weighted by atomic mass is 16.4. The number of amides is 1. The summed E-state index contributed by atoms with van der Waals surface area (Å²) in [5.41, 5.74) is 9.40. The van der Waals surface area contributed by atoms with Gasteiger partial charge < -0.3 is 15.5 Å². The molecule has 0 bridgehead atoms. The third-order valence-electron chi connectivity index (χ3n) is 2.87. The van der Waals surface area contributed by atoms with Crippen molar-refractivity contribution in [3.05, 3.63) is 46.7 Å². The highest BCUT2D eigenvalue weighted by Gasteiger charge is 2.14. The third kappa shape index (κ3) is 2.82. The quantitative estimate of drug-likeness (QED) is 0.886. The van der Waals surface area contributed by atoms with Crippen molar-refractivity contribution >= 4 is 11.6 Å². The molecule has 0 fully saturated rings. The van der Waals surface area contributed by atoms with Gasteiger partial charge in [0.05, 0.1) is 12.7 Å². The average molecular weight is 259 g/mol. The zero-order valence-corrected chi connectivity index (χ0v) is 11.3. The Morgan fingerprint density at radius 2 is 1.95 bits per heavy atom. The van der Waals surface area contributed by atoms with Crippen LogP contribution in [0.15, 0.2) is 22.7 Å². The van der Waals surface area contributed by atoms with Gasteiger partial charge in [0.1, 0.15) is 0 Å². The summed E-state index contributed by atoms with van der Waals surface area (Å²) in [6, 6.07) is 4.04. The number of carbonyl (C=O) groups excluding carboxylic acids is 1. The number of nitrogens with zero attached hydrogens (tertiary/aromatic N) is 1. The number of oxazole rings is 1. The first kappa shape index (κ1) is 13.3. The van der Waals surface area contributed by atoms with Crippen LogP contribution in [0.1, 0.15) is 33.1 Å². The summed E-state index contributed by atoms with van der Waals surface area (Å²) in [6.45, 7) is 6.12. The van der Waals surface area contributed by atoms with Crippen LogP contribution >= 0.6 is 0 Å². The van der Waals surface area contributed by atoms with Crippen LogP contribution in [0.3, 0.4) is 0 Å². The van der Waals surface area contributed by atoms with Gasteiger partial charge in [0.25, 0.3) is 5.91 Å². The second kappa shape index (κ2) is 5.24. The number of aromatic nitrogens is 1. The Morgan fingerprint density at radius 3 is 2.47 bits per heavy atom. The molecule has 5 nitrogen and oxygen atoms in total. The Balaban J connectivity index is 2.24. The Bertz CT molecular complexity index is 594. The molecule has 5 heteroatoms. The van der Waals surface area contributed by atoms with Gasteiger partial charge >= 0.3 is 0 Å². The predicted octanol–water partition coefficient (Wildman–Crippen LogP) is 2.31. The van der Waals surface area contributed by atoms with Crippen molar-refractivity contribution in [3.8, 4) is 0 Å². The first-order chi connectivity index (χ1) is 9.01. The summed E-state index contributed by atoms with van der Waals surface area (Å²) in [7, 11) is 0. The van der Waals surface area contributed by atoms with Crippen molar-refractivity contribution < 1.29 is 9.21 Å². The van der Waals surface area contributed by atoms with Crippen molar-refractivity contribution in [3.63, 3.8) is 0 Å². The first-order valence-electron chi connectivity index (χ1n) is 6.05. The summed E-state index contributed by atoms with van der Waals surface area (Å²) in [5.74, 6) is 0.199. The summed E-state index contributed by atoms with van der Waals surface area (Å²) >= 11 is 0. The van der Waals surface area contributed by atoms with Crippen molar-refractivity contribution in [1.29, 1.82) is 0 Å². The maximum Gasteiger partial charge on any atom is 0.293 e. The number of anilines is 1. The molecular weight excluding hydrogens is 242 g/mol. The Hall–Kier alpha value is -2.14. The fourth-order valence-electron chi connectivity index (χ4n) is 2.06. The van der Waals surface area contributed by atoms with Crippen LogP contribution in [0.5, 0.6) is 0 Å². The van der Waals surface area contributed by atoms with Gasteiger partial charge in [-0.05, 0) is 31.9 Å². The molecule has 1 amide bonds. The summed E-state index contributed by atoms with van der Waals surface area (Å²) in [5, 5.41) is 2.85. The van der Waals surface area contributed by atoms with Crippen LogP contribution in [0, 0.1) is 20.8 Å². The van der Waals surface area contributed by atoms with E-state index in [1.807, 2.05) is 32.9 Å². The van der Waals surface area contributed by atoms with E-state index < -0.39 is 0 Å². The normalized spacial score (nSPS) is 10.5. The fourth-order valence-corrected chi connectivity index (χ4v) is 2.06. The SMILES string of the molecule is Cc1cc(C)c(NC(=O)c2cnc(CN)o2)c(C)c1. The molecule has 0 atom stereocenters. The molecule has 1 aromatic carbocycles. The van der Waals surface area contributed by atoms with Gasteiger partial charge in [0.2, 0.25) is 11.7 Å². The number of rotatable bonds is 3. The molecule has 1 aromatic heterocycles. The molecule has 0 radical (unpaired) electrons. The zero-order chi connectivity index (χ0) is 14.0. The lowest BCUT2D eigenvalue weighted by Crippen LogP contribution is -2.13. The number of carbonyl (C=O) groups is 1. The number of hydrogen-bond acceptors (Lipinski definition) is 4. The number of nitrogens with one attached hydrogen (secondary N) is 1. The highest BCUT2D eigenvalue weighted by molar-refractivity contribution is 6.02. The van der Waals surface area contributed by atoms with Crippen LogP contribution < -0.4 is 11.1 Å². The minimum Gasteiger partial charge on any atom is -0.434 e. The third-order valence-corrected chi connectivity index (χ3v) is 2.87. The van der Waals surface area contributed by atoms with Crippen LogP contribution in [0.25, 0.3) is 0 Å². The molecule has 3 N–H and O–H groups in total. The van der Waals surface area contributed by atoms with Crippen LogP contribution in [0.2, 0.25) is 0 Å². The van der Waals surface area contributed by atoms with E-state index in [9.17, 15) is 4.79 Å². The van der Waals surface area contributed by atoms with Gasteiger partial charge in [0, 0.05) is 5.69 Å². The maximum absolute atomic E-state index is 12.0. The lowest BCUT2D eigenvalue weighted by Gasteiger charge is -2.11. The fraction of sp³-hybridized carbons (Fsp3) is 0.286. The van der Waals surface area contributed by atoms with Crippen molar-refractivity contribution in [2.24, 2.45) is 5.73 Å². The first-order valence-corrected chi connectivity index (χ1v) is 6.05. The van der Waals surface area contributed by atoms with E-state index >= 15 is 0 Å². The van der Waals surface area contributed by atoms with Gasteiger partial charge in [-0.3, -0.25) is 4.79 Å². The largest absolute Gasteiger partial charge is 0.434 e. The molecule has 2 aromatic rings. The lowest BCUT2D eigenvalue weighted by atomic mass is 10.1. The standard InChI is InChI=1S/C14H17N3O2/c1-8-4-9(2)13(10(3)5-8)17-14(18)11-7-16-12(6-15)19-11/h4-5,7H,6,15H2,1-3H3,(H,17,18). The topological polar surface area (TPSA) is 81.2 Å². The van der Waals surface area contributed by atoms with Crippen molar-refractivity contribution in [1.82, 2.24) is 4.98 Å². The second-order valence-electron chi connectivity index (χ2n) is 4.55. The van der Waals surface area contributed by atoms with Crippen LogP contribution in [0.4, 0.5) is 5.69 Å². The average Bonchev–Trinajstić information content (AvgIpc) is 2.82. The molecule has 0 unspecified atom stereocenters. The van der Waals surface area contributed by atoms with E-state index in [1.165, 1.54) is 6.20 Å². The van der Waals surface area contributed by atoms with E-state index in [4.69, 9.17) is 10.2 Å². The predicted molar refractivity (Wildman–Crippen MR) is 73.0 cm³/mol. The number of aryl methyl sites for hydroxylation is 3. The minimum absolute atomic E-state index is 0.167. The van der Waals surface area contributed by atoms with E-state index in [-0.39, 0.29) is 18.2 Å². The van der Waals surface area contributed by atoms with E-state index in [2.05, 4.69) is 10.3 Å². The molecule has 0 saturated heterocycles. The molecule has 2 rings (SSSR count). The monoisotopic (exact) mass is 259 g/mol. The van der Waals surface area contributed by atoms with E-state index in [0.29, 0.717) is 5.89 Å². The second-order valence-corrected chi connectivity index (χ2v) is 4.55. The molecule has 0 spiro atoms. The molecule has 100 valence electrons. The number of benzene rings is 1. The molecule has 0 saturated carbocycles. The van der Waals surface area contributed by atoms with Gasteiger partial charge in [0.15, 0.2) is 0 Å². The minimum atomic E-state index is -0.317. The molecular formula is C14H17N3O2. The molecule has 0 aliphatic carbocycles. The Labute approximate surface area is 111 Å². The molecule has 0 aliphatic rings. The molecule has 0 aliphatic heterocycles. The van der Waals surface area contributed by atoms with Gasteiger partial charge in [-0.15, -0.1) is 0 Å². The van der Waals surface area contributed by atoms with Crippen molar-refractivity contribution in [2.75, 3.05) is 5.32 Å². The lowest BCUT2D eigenvalue weighted by molar-refractivity contribution is 0.0995. The Kier molecular flexibility index (Phi) is 3.66. The smallest absolute Gasteiger partial charge is 0.293 e. The van der Waals surface area contributed by atoms with Gasteiger partial charge in [-0.1, -0.05) is 17.7 Å². The van der Waals surface area contributed by atoms with E-state index in [0.717, 1.165) is 22.4 Å². The maximum atomic E-state index is 12.0. The number of nitrogens with two attached hydrogens (primary N) is 1. The van der Waals surface area contributed by atoms with E-state index in [1.54, 1.807) is 0 Å². The summed E-state index contributed by atoms with van der Waals surface area (Å²) < 4.78 is 5.22. The van der Waals surface area contributed by atoms with Crippen molar-refractivity contribution in [2.45, 2.75) is 27.3 Å². The highest BCUT2D eigenvalue weighted by Crippen LogP contribution is 2.22. The zero-order valence-electron chi connectivity index (χ0n) is 11.3. The Morgan fingerprint density at radius 1 is 1.32 bits per heavy atom. The van der Waals surface area contributed by atoms with Crippen LogP contribution in [-0.4, -0.2) is 10.9 Å². The summed E-state index contributed by atoms with van der Waals surface area (Å²) in [4.78, 5) is 16.0. The number of hydrogen-bond donors (Lipinski definition) is 2. The van der Waals surface area contributed by atoms with Gasteiger partial charge in [-0.2, -0.15) is 0 Å². The molecule has 1 heterocycles. The van der Waals surface area contributed by atoms with Crippen LogP contribution in [-0.2, 0) is 6.54 Å². The molecule has 19 heavy (non-hydrogen) atoms. The van der Waals surface area contributed by atoms with Gasteiger partial charge in [-0.25, -0.2) is 4.98 Å².